The Balaban J connectivity index is 1.50. The summed E-state index contributed by atoms with van der Waals surface area (Å²) < 4.78 is 0. The normalized spacial score (nSPS) is 17.8. The van der Waals surface area contributed by atoms with Crippen LogP contribution in [0.5, 0.6) is 0 Å². The molecule has 2 aliphatic heterocycles. The highest BCUT2D eigenvalue weighted by Crippen LogP contribution is 2.34. The summed E-state index contributed by atoms with van der Waals surface area (Å²) in [6.07, 6.45) is 3.73. The third kappa shape index (κ3) is 3.75. The van der Waals surface area contributed by atoms with Crippen LogP contribution < -0.4 is 9.80 Å². The molecule has 136 valence electrons. The van der Waals surface area contributed by atoms with E-state index >= 15 is 0 Å². The van der Waals surface area contributed by atoms with Crippen molar-refractivity contribution in [3.8, 4) is 0 Å². The number of anilines is 2. The first-order valence-corrected chi connectivity index (χ1v) is 9.72. The number of amides is 1. The highest BCUT2D eigenvalue weighted by Gasteiger charge is 2.27. The monoisotopic (exact) mass is 349 g/mol. The Morgan fingerprint density at radius 1 is 0.769 bits per heavy atom. The Kier molecular flexibility index (Phi) is 5.21. The quantitative estimate of drug-likeness (QED) is 0.845. The maximum atomic E-state index is 13.0. The van der Waals surface area contributed by atoms with Crippen molar-refractivity contribution in [2.24, 2.45) is 0 Å². The maximum Gasteiger partial charge on any atom is 0.241 e. The van der Waals surface area contributed by atoms with Crippen molar-refractivity contribution < 1.29 is 4.79 Å². The average Bonchev–Trinajstić information content (AvgIpc) is 2.70. The molecule has 26 heavy (non-hydrogen) atoms. The molecule has 4 nitrogen and oxygen atoms in total. The Bertz CT molecular complexity index is 740. The summed E-state index contributed by atoms with van der Waals surface area (Å²) in [5.41, 5.74) is 3.52. The van der Waals surface area contributed by atoms with Crippen molar-refractivity contribution in [2.75, 3.05) is 42.5 Å². The van der Waals surface area contributed by atoms with Gasteiger partial charge in [-0.15, -0.1) is 0 Å². The second-order valence-corrected chi connectivity index (χ2v) is 7.28. The van der Waals surface area contributed by atoms with Gasteiger partial charge >= 0.3 is 0 Å². The van der Waals surface area contributed by atoms with Gasteiger partial charge in [0.15, 0.2) is 0 Å². The van der Waals surface area contributed by atoms with Gasteiger partial charge in [0.1, 0.15) is 0 Å². The minimum absolute atomic E-state index is 0.235. The van der Waals surface area contributed by atoms with Crippen LogP contribution in [0.2, 0.25) is 0 Å². The molecule has 0 N–H and O–H groups in total. The lowest BCUT2D eigenvalue weighted by molar-refractivity contribution is -0.120. The van der Waals surface area contributed by atoms with Gasteiger partial charge in [-0.2, -0.15) is 0 Å². The molecule has 2 aliphatic rings. The lowest BCUT2D eigenvalue weighted by atomic mass is 10.1. The molecule has 4 heteroatoms. The topological polar surface area (TPSA) is 26.8 Å². The van der Waals surface area contributed by atoms with Crippen molar-refractivity contribution in [3.05, 3.63) is 60.2 Å². The van der Waals surface area contributed by atoms with Crippen LogP contribution >= 0.6 is 0 Å². The van der Waals surface area contributed by atoms with Gasteiger partial charge < -0.3 is 9.80 Å². The average molecular weight is 349 g/mol. The van der Waals surface area contributed by atoms with Gasteiger partial charge in [-0.05, 0) is 43.6 Å². The first-order valence-electron chi connectivity index (χ1n) is 9.72. The molecule has 0 saturated carbocycles. The second-order valence-electron chi connectivity index (χ2n) is 7.28. The highest BCUT2D eigenvalue weighted by molar-refractivity contribution is 5.99. The number of rotatable bonds is 4. The highest BCUT2D eigenvalue weighted by atomic mass is 16.2. The molecule has 2 aromatic rings. The van der Waals surface area contributed by atoms with Gasteiger partial charge in [0.2, 0.25) is 5.91 Å². The van der Waals surface area contributed by atoms with Crippen molar-refractivity contribution >= 4 is 17.3 Å². The lowest BCUT2D eigenvalue weighted by Crippen LogP contribution is -2.48. The van der Waals surface area contributed by atoms with Gasteiger partial charge in [0.05, 0.1) is 17.9 Å². The first kappa shape index (κ1) is 17.1. The fourth-order valence-electron chi connectivity index (χ4n) is 4.04. The van der Waals surface area contributed by atoms with Crippen molar-refractivity contribution in [2.45, 2.75) is 25.8 Å². The van der Waals surface area contributed by atoms with Gasteiger partial charge in [0, 0.05) is 19.6 Å². The summed E-state index contributed by atoms with van der Waals surface area (Å²) in [5.74, 6) is 0.235. The third-order valence-electron chi connectivity index (χ3n) is 5.43. The minimum Gasteiger partial charge on any atom is -0.364 e. The van der Waals surface area contributed by atoms with E-state index in [2.05, 4.69) is 58.3 Å². The van der Waals surface area contributed by atoms with Gasteiger partial charge in [-0.1, -0.05) is 48.9 Å². The smallest absolute Gasteiger partial charge is 0.241 e. The first-order chi connectivity index (χ1) is 12.8. The van der Waals surface area contributed by atoms with Crippen LogP contribution in [0.15, 0.2) is 54.6 Å². The third-order valence-corrected chi connectivity index (χ3v) is 5.43. The fraction of sp³-hybridized carbons (Fsp3) is 0.409. The van der Waals surface area contributed by atoms with E-state index in [-0.39, 0.29) is 5.91 Å². The zero-order chi connectivity index (χ0) is 17.8. The number of carbonyl (C=O) groups excluding carboxylic acids is 1. The molecule has 0 spiro atoms. The number of benzene rings is 2. The van der Waals surface area contributed by atoms with E-state index < -0.39 is 0 Å². The SMILES string of the molecule is O=C(CN1CCCCC1)N1CCN(Cc2ccccc2)c2ccccc21. The Labute approximate surface area is 156 Å². The predicted molar refractivity (Wildman–Crippen MR) is 107 cm³/mol. The van der Waals surface area contributed by atoms with E-state index in [1.165, 1.54) is 24.8 Å². The lowest BCUT2D eigenvalue weighted by Gasteiger charge is -2.39. The molecule has 4 rings (SSSR count). The number of hydrogen-bond donors (Lipinski definition) is 0. The van der Waals surface area contributed by atoms with E-state index in [9.17, 15) is 4.79 Å². The Hall–Kier alpha value is -2.33. The number of para-hydroxylation sites is 2. The number of nitrogens with zero attached hydrogens (tertiary/aromatic N) is 3. The van der Waals surface area contributed by atoms with Crippen LogP contribution in [0, 0.1) is 0 Å². The second kappa shape index (κ2) is 7.92. The zero-order valence-electron chi connectivity index (χ0n) is 15.3. The van der Waals surface area contributed by atoms with Crippen molar-refractivity contribution in [1.82, 2.24) is 4.90 Å². The molecule has 0 bridgehead atoms. The Morgan fingerprint density at radius 2 is 1.46 bits per heavy atom. The summed E-state index contributed by atoms with van der Waals surface area (Å²) in [6.45, 7) is 5.18. The van der Waals surface area contributed by atoms with Crippen molar-refractivity contribution in [3.63, 3.8) is 0 Å². The van der Waals surface area contributed by atoms with Crippen LogP contribution in [0.25, 0.3) is 0 Å². The molecular formula is C22H27N3O. The van der Waals surface area contributed by atoms with E-state index in [0.29, 0.717) is 6.54 Å². The van der Waals surface area contributed by atoms with Gasteiger partial charge in [-0.3, -0.25) is 9.69 Å². The molecule has 0 unspecified atom stereocenters. The van der Waals surface area contributed by atoms with E-state index in [1.54, 1.807) is 0 Å². The molecule has 2 heterocycles. The number of fused-ring (bicyclic) bond motifs is 1. The van der Waals surface area contributed by atoms with Crippen LogP contribution in [-0.4, -0.2) is 43.5 Å². The van der Waals surface area contributed by atoms with Gasteiger partial charge in [-0.25, -0.2) is 0 Å². The molecule has 1 fully saturated rings. The molecule has 2 aromatic carbocycles. The number of hydrogen-bond acceptors (Lipinski definition) is 3. The number of carbonyl (C=O) groups is 1. The molecule has 1 saturated heterocycles. The van der Waals surface area contributed by atoms with Gasteiger partial charge in [0.25, 0.3) is 0 Å². The largest absolute Gasteiger partial charge is 0.364 e. The number of piperidine rings is 1. The summed E-state index contributed by atoms with van der Waals surface area (Å²) >= 11 is 0. The molecule has 0 aliphatic carbocycles. The molecule has 1 amide bonds. The van der Waals surface area contributed by atoms with E-state index in [0.717, 1.165) is 44.1 Å². The van der Waals surface area contributed by atoms with Crippen LogP contribution in [0.3, 0.4) is 0 Å². The minimum atomic E-state index is 0.235. The van der Waals surface area contributed by atoms with Crippen molar-refractivity contribution in [1.29, 1.82) is 0 Å². The molecule has 0 aromatic heterocycles. The standard InChI is InChI=1S/C22H27N3O/c26-22(18-23-13-7-2-8-14-23)25-16-15-24(17-19-9-3-1-4-10-19)20-11-5-6-12-21(20)25/h1,3-6,9-12H,2,7-8,13-18H2. The molecule has 0 radical (unpaired) electrons. The summed E-state index contributed by atoms with van der Waals surface area (Å²) in [7, 11) is 0. The van der Waals surface area contributed by atoms with Crippen LogP contribution in [-0.2, 0) is 11.3 Å². The zero-order valence-corrected chi connectivity index (χ0v) is 15.3. The van der Waals surface area contributed by atoms with Crippen LogP contribution in [0.1, 0.15) is 24.8 Å². The maximum absolute atomic E-state index is 13.0. The summed E-state index contributed by atoms with van der Waals surface area (Å²) in [6, 6.07) is 18.9. The summed E-state index contributed by atoms with van der Waals surface area (Å²) in [5, 5.41) is 0. The summed E-state index contributed by atoms with van der Waals surface area (Å²) in [4.78, 5) is 19.6. The fourth-order valence-corrected chi connectivity index (χ4v) is 4.04. The van der Waals surface area contributed by atoms with E-state index in [1.807, 2.05) is 11.0 Å². The number of likely N-dealkylation sites (tertiary alicyclic amines) is 1. The molecule has 0 atom stereocenters. The predicted octanol–water partition coefficient (Wildman–Crippen LogP) is 3.53. The molecular weight excluding hydrogens is 322 g/mol. The van der Waals surface area contributed by atoms with Crippen LogP contribution in [0.4, 0.5) is 11.4 Å². The Morgan fingerprint density at radius 3 is 2.23 bits per heavy atom. The van der Waals surface area contributed by atoms with E-state index in [4.69, 9.17) is 0 Å².